The SMILES string of the molecule is C=CCOc1cc2c(c(OC)c1OC)-c1ccc(SC)c(=O)cc1[C@@H](N(C(C)=O)C(=O)CNC(=O)C(F)(F)F)CC2. The van der Waals surface area contributed by atoms with Gasteiger partial charge in [0, 0.05) is 12.5 Å². The van der Waals surface area contributed by atoms with Crippen LogP contribution in [0.15, 0.2) is 46.6 Å². The first-order valence-corrected chi connectivity index (χ1v) is 13.5. The lowest BCUT2D eigenvalue weighted by Gasteiger charge is -2.29. The van der Waals surface area contributed by atoms with Crippen LogP contribution in [0.1, 0.15) is 30.5 Å². The zero-order chi connectivity index (χ0) is 30.5. The number of methoxy groups -OCH3 is 2. The molecule has 220 valence electrons. The summed E-state index contributed by atoms with van der Waals surface area (Å²) in [7, 11) is 2.87. The van der Waals surface area contributed by atoms with Crippen LogP contribution in [0.3, 0.4) is 0 Å². The summed E-state index contributed by atoms with van der Waals surface area (Å²) in [6, 6.07) is 5.26. The number of thioether (sulfide) groups is 1. The summed E-state index contributed by atoms with van der Waals surface area (Å²) in [4.78, 5) is 51.6. The molecule has 1 N–H and O–H groups in total. The van der Waals surface area contributed by atoms with E-state index in [1.54, 1.807) is 30.5 Å². The van der Waals surface area contributed by atoms with E-state index in [1.165, 1.54) is 37.4 Å². The molecule has 2 aromatic carbocycles. The number of ether oxygens (including phenoxy) is 3. The van der Waals surface area contributed by atoms with Crippen molar-refractivity contribution < 1.29 is 41.8 Å². The zero-order valence-corrected chi connectivity index (χ0v) is 23.7. The molecule has 0 unspecified atom stereocenters. The van der Waals surface area contributed by atoms with Crippen LogP contribution in [0.4, 0.5) is 13.2 Å². The number of halogens is 3. The minimum absolute atomic E-state index is 0.104. The van der Waals surface area contributed by atoms with Gasteiger partial charge in [0.05, 0.1) is 31.7 Å². The van der Waals surface area contributed by atoms with E-state index in [1.807, 2.05) is 0 Å². The Kier molecular flexibility index (Phi) is 10.1. The topological polar surface area (TPSA) is 111 Å². The van der Waals surface area contributed by atoms with Gasteiger partial charge in [0.2, 0.25) is 17.6 Å². The van der Waals surface area contributed by atoms with Gasteiger partial charge in [-0.3, -0.25) is 24.1 Å². The summed E-state index contributed by atoms with van der Waals surface area (Å²) < 4.78 is 55.4. The number of amides is 3. The third kappa shape index (κ3) is 6.67. The molecule has 0 saturated carbocycles. The number of carbonyl (C=O) groups is 3. The van der Waals surface area contributed by atoms with Crippen molar-refractivity contribution in [2.75, 3.05) is 33.6 Å². The second-order valence-corrected chi connectivity index (χ2v) is 9.72. The fraction of sp³-hybridized carbons (Fsp3) is 0.357. The van der Waals surface area contributed by atoms with Gasteiger partial charge in [0.15, 0.2) is 16.9 Å². The van der Waals surface area contributed by atoms with Gasteiger partial charge in [-0.25, -0.2) is 0 Å². The average Bonchev–Trinajstić information content (AvgIpc) is 3.17. The summed E-state index contributed by atoms with van der Waals surface area (Å²) in [5.41, 5.74) is 1.57. The Morgan fingerprint density at radius 2 is 1.85 bits per heavy atom. The fourth-order valence-electron chi connectivity index (χ4n) is 4.73. The summed E-state index contributed by atoms with van der Waals surface area (Å²) in [5, 5.41) is 1.52. The third-order valence-electron chi connectivity index (χ3n) is 6.40. The first-order chi connectivity index (χ1) is 19.4. The van der Waals surface area contributed by atoms with Crippen molar-refractivity contribution in [3.63, 3.8) is 0 Å². The monoisotopic (exact) mass is 594 g/mol. The molecule has 1 aliphatic carbocycles. The molecule has 2 aromatic rings. The van der Waals surface area contributed by atoms with Gasteiger partial charge in [-0.2, -0.15) is 13.2 Å². The average molecular weight is 595 g/mol. The number of alkyl halides is 3. The first-order valence-electron chi connectivity index (χ1n) is 12.3. The van der Waals surface area contributed by atoms with Crippen LogP contribution in [0.5, 0.6) is 17.2 Å². The van der Waals surface area contributed by atoms with Gasteiger partial charge < -0.3 is 19.5 Å². The highest BCUT2D eigenvalue weighted by atomic mass is 32.2. The van der Waals surface area contributed by atoms with E-state index in [4.69, 9.17) is 14.2 Å². The number of fused-ring (bicyclic) bond motifs is 3. The fourth-order valence-corrected chi connectivity index (χ4v) is 5.19. The molecule has 9 nitrogen and oxygen atoms in total. The van der Waals surface area contributed by atoms with Crippen LogP contribution in [0, 0.1) is 0 Å². The van der Waals surface area contributed by atoms with Crippen molar-refractivity contribution in [1.29, 1.82) is 0 Å². The highest BCUT2D eigenvalue weighted by Crippen LogP contribution is 2.51. The quantitative estimate of drug-likeness (QED) is 0.342. The molecule has 13 heteroatoms. The molecule has 0 aromatic heterocycles. The number of carbonyl (C=O) groups excluding carboxylic acids is 3. The Hall–Kier alpha value is -4.00. The molecular formula is C28H29F3N2O7S. The normalized spacial score (nSPS) is 14.1. The van der Waals surface area contributed by atoms with E-state index < -0.39 is 36.5 Å². The van der Waals surface area contributed by atoms with E-state index in [0.717, 1.165) is 11.8 Å². The number of imide groups is 1. The van der Waals surface area contributed by atoms with Crippen molar-refractivity contribution in [3.05, 3.63) is 58.3 Å². The summed E-state index contributed by atoms with van der Waals surface area (Å²) in [5.74, 6) is -3.25. The molecule has 0 radical (unpaired) electrons. The van der Waals surface area contributed by atoms with Crippen molar-refractivity contribution in [3.8, 4) is 28.4 Å². The Morgan fingerprint density at radius 1 is 1.17 bits per heavy atom. The minimum atomic E-state index is -5.21. The molecule has 3 amide bonds. The van der Waals surface area contributed by atoms with Crippen LogP contribution in [-0.4, -0.2) is 62.4 Å². The number of nitrogens with zero attached hydrogens (tertiary/aromatic N) is 1. The summed E-state index contributed by atoms with van der Waals surface area (Å²) in [6.45, 7) is 3.83. The van der Waals surface area contributed by atoms with Gasteiger partial charge in [0.25, 0.3) is 0 Å². The number of hydrogen-bond donors (Lipinski definition) is 1. The standard InChI is InChI=1S/C28H29F3N2O7S/c1-6-11-40-21-12-16-7-9-19(33(15(2)34)23(36)14-32-27(37)28(29,30)31)18-13-20(35)22(41-5)10-8-17(18)24(16)26(39-4)25(21)38-3/h6,8,10,12-13,19H,1,7,9,11,14H2,2-5H3,(H,32,37)/t19-/m0/s1. The molecule has 0 heterocycles. The molecule has 41 heavy (non-hydrogen) atoms. The lowest BCUT2D eigenvalue weighted by Crippen LogP contribution is -2.47. The van der Waals surface area contributed by atoms with E-state index >= 15 is 0 Å². The molecule has 0 saturated heterocycles. The Bertz CT molecular complexity index is 1430. The highest BCUT2D eigenvalue weighted by molar-refractivity contribution is 7.98. The smallest absolute Gasteiger partial charge is 0.471 e. The minimum Gasteiger partial charge on any atom is -0.492 e. The van der Waals surface area contributed by atoms with Gasteiger partial charge >= 0.3 is 12.1 Å². The maximum atomic E-state index is 13.2. The van der Waals surface area contributed by atoms with Crippen molar-refractivity contribution in [1.82, 2.24) is 10.2 Å². The van der Waals surface area contributed by atoms with E-state index in [0.29, 0.717) is 27.3 Å². The molecule has 3 rings (SSSR count). The number of rotatable bonds is 9. The zero-order valence-electron chi connectivity index (χ0n) is 22.8. The molecule has 1 atom stereocenters. The lowest BCUT2D eigenvalue weighted by atomic mass is 9.95. The predicted octanol–water partition coefficient (Wildman–Crippen LogP) is 4.06. The second-order valence-electron chi connectivity index (χ2n) is 8.87. The van der Waals surface area contributed by atoms with Crippen molar-refractivity contribution in [2.24, 2.45) is 0 Å². The molecule has 0 spiro atoms. The molecule has 0 fully saturated rings. The third-order valence-corrected chi connectivity index (χ3v) is 7.18. The van der Waals surface area contributed by atoms with E-state index in [2.05, 4.69) is 6.58 Å². The van der Waals surface area contributed by atoms with Crippen LogP contribution >= 0.6 is 11.8 Å². The Labute approximate surface area is 238 Å². The number of aryl methyl sites for hydroxylation is 1. The predicted molar refractivity (Wildman–Crippen MR) is 146 cm³/mol. The lowest BCUT2D eigenvalue weighted by molar-refractivity contribution is -0.174. The molecular weight excluding hydrogens is 565 g/mol. The van der Waals surface area contributed by atoms with Gasteiger partial charge in [-0.1, -0.05) is 18.7 Å². The van der Waals surface area contributed by atoms with Crippen LogP contribution < -0.4 is 25.0 Å². The van der Waals surface area contributed by atoms with Crippen LogP contribution in [-0.2, 0) is 20.8 Å². The van der Waals surface area contributed by atoms with E-state index in [-0.39, 0.29) is 41.9 Å². The van der Waals surface area contributed by atoms with E-state index in [9.17, 15) is 32.3 Å². The van der Waals surface area contributed by atoms with Crippen LogP contribution in [0.2, 0.25) is 0 Å². The maximum absolute atomic E-state index is 13.2. The molecule has 0 bridgehead atoms. The number of nitrogens with one attached hydrogen (secondary N) is 1. The number of benzene rings is 1. The van der Waals surface area contributed by atoms with Gasteiger partial charge in [0.1, 0.15) is 6.61 Å². The molecule has 1 aliphatic rings. The van der Waals surface area contributed by atoms with Gasteiger partial charge in [-0.05, 0) is 54.0 Å². The van der Waals surface area contributed by atoms with Crippen LogP contribution in [0.25, 0.3) is 11.1 Å². The molecule has 0 aliphatic heterocycles. The number of hydrogen-bond acceptors (Lipinski definition) is 8. The van der Waals surface area contributed by atoms with Crippen molar-refractivity contribution in [2.45, 2.75) is 36.9 Å². The second kappa shape index (κ2) is 13.1. The highest BCUT2D eigenvalue weighted by Gasteiger charge is 2.40. The summed E-state index contributed by atoms with van der Waals surface area (Å²) in [6.07, 6.45) is -1.59. The first kappa shape index (κ1) is 31.5. The largest absolute Gasteiger partial charge is 0.492 e. The summed E-state index contributed by atoms with van der Waals surface area (Å²) >= 11 is 1.20. The maximum Gasteiger partial charge on any atom is 0.471 e. The van der Waals surface area contributed by atoms with Crippen molar-refractivity contribution >= 4 is 29.5 Å². The van der Waals surface area contributed by atoms with Gasteiger partial charge in [-0.15, -0.1) is 11.8 Å². The Morgan fingerprint density at radius 3 is 2.41 bits per heavy atom. The Balaban J connectivity index is 2.28.